The minimum absolute atomic E-state index is 0.0397. The average Bonchev–Trinajstić information content (AvgIpc) is 2.70. The van der Waals surface area contributed by atoms with Crippen LogP contribution in [-0.4, -0.2) is 29.2 Å². The van der Waals surface area contributed by atoms with Crippen molar-refractivity contribution in [1.29, 1.82) is 0 Å². The van der Waals surface area contributed by atoms with Crippen molar-refractivity contribution in [2.45, 2.75) is 33.4 Å². The fraction of sp³-hybridized carbons (Fsp3) is 0.261. The molecule has 0 atom stereocenters. The number of hydrogen-bond acceptors (Lipinski definition) is 5. The van der Waals surface area contributed by atoms with Crippen LogP contribution in [0.1, 0.15) is 31.1 Å². The molecule has 0 aliphatic heterocycles. The molecule has 0 saturated carbocycles. The number of fused-ring (bicyclic) bond motifs is 1. The third-order valence-electron chi connectivity index (χ3n) is 4.31. The van der Waals surface area contributed by atoms with E-state index in [1.807, 2.05) is 19.9 Å². The summed E-state index contributed by atoms with van der Waals surface area (Å²) in [6.07, 6.45) is 1.63. The molecule has 0 unspecified atom stereocenters. The molecule has 0 spiro atoms. The predicted octanol–water partition coefficient (Wildman–Crippen LogP) is 3.60. The minimum Gasteiger partial charge on any atom is -0.491 e. The van der Waals surface area contributed by atoms with E-state index in [1.54, 1.807) is 55.6 Å². The largest absolute Gasteiger partial charge is 0.491 e. The maximum Gasteiger partial charge on any atom is 0.338 e. The summed E-state index contributed by atoms with van der Waals surface area (Å²) < 4.78 is 11.9. The van der Waals surface area contributed by atoms with Crippen molar-refractivity contribution < 1.29 is 19.1 Å². The number of rotatable bonds is 7. The number of hydrogen-bond donors (Lipinski definition) is 1. The first kappa shape index (κ1) is 21.1. The summed E-state index contributed by atoms with van der Waals surface area (Å²) in [4.78, 5) is 36.8. The highest BCUT2D eigenvalue weighted by molar-refractivity contribution is 5.93. The second-order valence-corrected chi connectivity index (χ2v) is 7.01. The van der Waals surface area contributed by atoms with Crippen LogP contribution in [0.5, 0.6) is 5.75 Å². The maximum atomic E-state index is 12.7. The van der Waals surface area contributed by atoms with Gasteiger partial charge in [-0.1, -0.05) is 0 Å². The van der Waals surface area contributed by atoms with Crippen molar-refractivity contribution in [3.8, 4) is 5.75 Å². The summed E-state index contributed by atoms with van der Waals surface area (Å²) in [6.45, 7) is 5.78. The Morgan fingerprint density at radius 2 is 1.80 bits per heavy atom. The number of aromatic nitrogens is 1. The summed E-state index contributed by atoms with van der Waals surface area (Å²) in [7, 11) is 0. The fourth-order valence-electron chi connectivity index (χ4n) is 3.00. The van der Waals surface area contributed by atoms with E-state index in [-0.39, 0.29) is 24.1 Å². The van der Waals surface area contributed by atoms with Gasteiger partial charge in [-0.25, -0.2) is 4.79 Å². The third-order valence-corrected chi connectivity index (χ3v) is 4.31. The monoisotopic (exact) mass is 408 g/mol. The van der Waals surface area contributed by atoms with Crippen LogP contribution >= 0.6 is 0 Å². The van der Waals surface area contributed by atoms with E-state index < -0.39 is 5.97 Å². The average molecular weight is 408 g/mol. The quantitative estimate of drug-likeness (QED) is 0.604. The molecule has 0 aliphatic rings. The lowest BCUT2D eigenvalue weighted by Crippen LogP contribution is -2.27. The van der Waals surface area contributed by atoms with Crippen LogP contribution in [0, 0.1) is 0 Å². The lowest BCUT2D eigenvalue weighted by Gasteiger charge is -2.12. The Hall–Kier alpha value is -3.61. The molecule has 0 saturated heterocycles. The fourth-order valence-corrected chi connectivity index (χ4v) is 3.00. The number of carbonyl (C=O) groups is 2. The molecular weight excluding hydrogens is 384 g/mol. The van der Waals surface area contributed by atoms with Crippen molar-refractivity contribution in [1.82, 2.24) is 4.57 Å². The van der Waals surface area contributed by atoms with Crippen LogP contribution in [0.15, 0.2) is 59.5 Å². The van der Waals surface area contributed by atoms with Crippen molar-refractivity contribution in [2.24, 2.45) is 0 Å². The van der Waals surface area contributed by atoms with Crippen LogP contribution in [0.25, 0.3) is 10.8 Å². The molecule has 156 valence electrons. The van der Waals surface area contributed by atoms with Gasteiger partial charge in [-0.05, 0) is 74.7 Å². The zero-order chi connectivity index (χ0) is 21.7. The van der Waals surface area contributed by atoms with Gasteiger partial charge < -0.3 is 19.4 Å². The summed E-state index contributed by atoms with van der Waals surface area (Å²) in [6, 6.07) is 13.4. The van der Waals surface area contributed by atoms with Crippen LogP contribution in [0.4, 0.5) is 5.69 Å². The van der Waals surface area contributed by atoms with Crippen LogP contribution in [-0.2, 0) is 16.1 Å². The molecule has 0 radical (unpaired) electrons. The third kappa shape index (κ3) is 5.05. The van der Waals surface area contributed by atoms with E-state index in [1.165, 1.54) is 4.57 Å². The maximum absolute atomic E-state index is 12.7. The van der Waals surface area contributed by atoms with E-state index in [2.05, 4.69) is 5.32 Å². The van der Waals surface area contributed by atoms with Crippen LogP contribution < -0.4 is 15.6 Å². The first-order chi connectivity index (χ1) is 14.4. The number of anilines is 1. The molecule has 3 aromatic rings. The Kier molecular flexibility index (Phi) is 6.51. The van der Waals surface area contributed by atoms with Crippen molar-refractivity contribution in [3.63, 3.8) is 0 Å². The molecule has 1 heterocycles. The molecule has 3 rings (SSSR count). The summed E-state index contributed by atoms with van der Waals surface area (Å²) in [5, 5.41) is 3.99. The van der Waals surface area contributed by atoms with Gasteiger partial charge in [-0.15, -0.1) is 0 Å². The van der Waals surface area contributed by atoms with Crippen molar-refractivity contribution in [2.75, 3.05) is 11.9 Å². The lowest BCUT2D eigenvalue weighted by atomic mass is 10.1. The van der Waals surface area contributed by atoms with Gasteiger partial charge in [-0.2, -0.15) is 0 Å². The summed E-state index contributed by atoms with van der Waals surface area (Å²) in [5.41, 5.74) is 0.676. The molecule has 1 N–H and O–H groups in total. The Morgan fingerprint density at radius 1 is 1.07 bits per heavy atom. The Bertz CT molecular complexity index is 1120. The van der Waals surface area contributed by atoms with Crippen molar-refractivity contribution >= 4 is 28.3 Å². The van der Waals surface area contributed by atoms with E-state index in [4.69, 9.17) is 9.47 Å². The minimum atomic E-state index is -0.417. The number of pyridine rings is 1. The highest BCUT2D eigenvalue weighted by atomic mass is 16.5. The van der Waals surface area contributed by atoms with Crippen LogP contribution in [0.3, 0.4) is 0 Å². The molecule has 0 bridgehead atoms. The molecule has 30 heavy (non-hydrogen) atoms. The van der Waals surface area contributed by atoms with Gasteiger partial charge in [0.15, 0.2) is 0 Å². The van der Waals surface area contributed by atoms with Crippen LogP contribution in [0.2, 0.25) is 0 Å². The molecular formula is C23H24N2O5. The number of benzene rings is 2. The molecule has 1 aromatic heterocycles. The van der Waals surface area contributed by atoms with Gasteiger partial charge in [0.1, 0.15) is 12.3 Å². The zero-order valence-electron chi connectivity index (χ0n) is 17.2. The Morgan fingerprint density at radius 3 is 2.47 bits per heavy atom. The second kappa shape index (κ2) is 9.26. The van der Waals surface area contributed by atoms with Gasteiger partial charge in [0.05, 0.1) is 18.3 Å². The Labute approximate surface area is 174 Å². The van der Waals surface area contributed by atoms with Crippen molar-refractivity contribution in [3.05, 3.63) is 70.6 Å². The highest BCUT2D eigenvalue weighted by Gasteiger charge is 2.10. The first-order valence-electron chi connectivity index (χ1n) is 9.74. The standard InChI is InChI=1S/C23H24N2O5/c1-4-29-23(28)16-5-7-18(8-6-16)24-21(26)14-25-12-11-17-13-19(30-15(2)3)9-10-20(17)22(25)27/h5-13,15H,4,14H2,1-3H3,(H,24,26). The molecule has 7 nitrogen and oxygen atoms in total. The second-order valence-electron chi connectivity index (χ2n) is 7.01. The van der Waals surface area contributed by atoms with Gasteiger partial charge in [0.25, 0.3) is 5.56 Å². The number of nitrogens with one attached hydrogen (secondary N) is 1. The van der Waals surface area contributed by atoms with E-state index in [0.29, 0.717) is 29.0 Å². The zero-order valence-corrected chi connectivity index (χ0v) is 17.2. The number of carbonyl (C=O) groups excluding carboxylic acids is 2. The van der Waals surface area contributed by atoms with E-state index in [0.717, 1.165) is 5.39 Å². The van der Waals surface area contributed by atoms with Gasteiger partial charge in [0, 0.05) is 17.3 Å². The molecule has 7 heteroatoms. The number of ether oxygens (including phenoxy) is 2. The topological polar surface area (TPSA) is 86.6 Å². The van der Waals surface area contributed by atoms with E-state index in [9.17, 15) is 14.4 Å². The van der Waals surface area contributed by atoms with E-state index >= 15 is 0 Å². The molecule has 0 fully saturated rings. The SMILES string of the molecule is CCOC(=O)c1ccc(NC(=O)Cn2ccc3cc(OC(C)C)ccc3c2=O)cc1. The lowest BCUT2D eigenvalue weighted by molar-refractivity contribution is -0.116. The van der Waals surface area contributed by atoms with Gasteiger partial charge >= 0.3 is 5.97 Å². The predicted molar refractivity (Wildman–Crippen MR) is 115 cm³/mol. The van der Waals surface area contributed by atoms with Gasteiger partial charge in [-0.3, -0.25) is 9.59 Å². The highest BCUT2D eigenvalue weighted by Crippen LogP contribution is 2.19. The first-order valence-corrected chi connectivity index (χ1v) is 9.74. The molecule has 1 amide bonds. The smallest absolute Gasteiger partial charge is 0.338 e. The normalized spacial score (nSPS) is 10.8. The number of amides is 1. The molecule has 0 aliphatic carbocycles. The molecule has 2 aromatic carbocycles. The number of esters is 1. The number of nitrogens with zero attached hydrogens (tertiary/aromatic N) is 1. The Balaban J connectivity index is 1.71. The van der Waals surface area contributed by atoms with Gasteiger partial charge in [0.2, 0.25) is 5.91 Å². The summed E-state index contributed by atoms with van der Waals surface area (Å²) in [5.74, 6) is -0.0706. The summed E-state index contributed by atoms with van der Waals surface area (Å²) >= 11 is 0.